The maximum Gasteiger partial charge on any atom is 0.142 e. The van der Waals surface area contributed by atoms with E-state index in [4.69, 9.17) is 11.6 Å². The smallest absolute Gasteiger partial charge is 0.142 e. The minimum absolute atomic E-state index is 0.153. The highest BCUT2D eigenvalue weighted by Crippen LogP contribution is 2.40. The van der Waals surface area contributed by atoms with Crippen molar-refractivity contribution in [3.8, 4) is 0 Å². The van der Waals surface area contributed by atoms with Crippen molar-refractivity contribution in [3.63, 3.8) is 0 Å². The van der Waals surface area contributed by atoms with E-state index >= 15 is 0 Å². The second-order valence-corrected chi connectivity index (χ2v) is 4.71. The molecule has 1 aromatic carbocycles. The number of hydrogen-bond donors (Lipinski definition) is 1. The van der Waals surface area contributed by atoms with Crippen molar-refractivity contribution < 1.29 is 9.50 Å². The second-order valence-electron chi connectivity index (χ2n) is 4.33. The second kappa shape index (κ2) is 3.76. The number of aryl methyl sites for hydroxylation is 1. The molecule has 0 heterocycles. The molecule has 15 heavy (non-hydrogen) atoms. The third-order valence-corrected chi connectivity index (χ3v) is 3.66. The van der Waals surface area contributed by atoms with Gasteiger partial charge >= 0.3 is 0 Å². The van der Waals surface area contributed by atoms with Crippen LogP contribution in [0.4, 0.5) is 4.39 Å². The lowest BCUT2D eigenvalue weighted by atomic mass is 9.91. The first-order valence-electron chi connectivity index (χ1n) is 5.21. The van der Waals surface area contributed by atoms with Crippen molar-refractivity contribution in [2.45, 2.75) is 38.2 Å². The fraction of sp³-hybridized carbons (Fsp3) is 0.500. The quantitative estimate of drug-likeness (QED) is 0.780. The van der Waals surface area contributed by atoms with Crippen LogP contribution in [-0.2, 0) is 5.60 Å². The van der Waals surface area contributed by atoms with Crippen molar-refractivity contribution >= 4 is 11.6 Å². The van der Waals surface area contributed by atoms with Gasteiger partial charge in [-0.2, -0.15) is 0 Å². The Morgan fingerprint density at radius 3 is 2.47 bits per heavy atom. The maximum absolute atomic E-state index is 13.4. The highest BCUT2D eigenvalue weighted by Gasteiger charge is 2.33. The maximum atomic E-state index is 13.4. The molecular weight excluding hydrogens is 215 g/mol. The molecule has 2 rings (SSSR count). The summed E-state index contributed by atoms with van der Waals surface area (Å²) in [7, 11) is 0. The largest absolute Gasteiger partial charge is 0.385 e. The monoisotopic (exact) mass is 228 g/mol. The van der Waals surface area contributed by atoms with Crippen molar-refractivity contribution in [1.29, 1.82) is 0 Å². The molecule has 0 aliphatic heterocycles. The van der Waals surface area contributed by atoms with E-state index in [1.807, 2.05) is 0 Å². The molecule has 1 fully saturated rings. The number of benzene rings is 1. The van der Waals surface area contributed by atoms with Crippen LogP contribution >= 0.6 is 11.6 Å². The van der Waals surface area contributed by atoms with Crippen LogP contribution in [0.2, 0.25) is 5.02 Å². The van der Waals surface area contributed by atoms with Crippen LogP contribution in [0.1, 0.15) is 36.8 Å². The van der Waals surface area contributed by atoms with Gasteiger partial charge in [0.25, 0.3) is 0 Å². The third-order valence-electron chi connectivity index (χ3n) is 3.18. The van der Waals surface area contributed by atoms with E-state index < -0.39 is 11.4 Å². The van der Waals surface area contributed by atoms with Crippen LogP contribution < -0.4 is 0 Å². The predicted molar refractivity (Wildman–Crippen MR) is 58.5 cm³/mol. The van der Waals surface area contributed by atoms with Gasteiger partial charge in [-0.15, -0.1) is 0 Å². The zero-order chi connectivity index (χ0) is 11.1. The first kappa shape index (κ1) is 10.9. The molecule has 0 atom stereocenters. The van der Waals surface area contributed by atoms with Crippen molar-refractivity contribution in [1.82, 2.24) is 0 Å². The average Bonchev–Trinajstić information content (AvgIpc) is 2.62. The van der Waals surface area contributed by atoms with Gasteiger partial charge in [0.2, 0.25) is 0 Å². The molecule has 1 saturated carbocycles. The van der Waals surface area contributed by atoms with Crippen LogP contribution in [0.3, 0.4) is 0 Å². The molecule has 1 aliphatic rings. The Morgan fingerprint density at radius 1 is 1.33 bits per heavy atom. The number of hydrogen-bond acceptors (Lipinski definition) is 1. The Labute approximate surface area is 93.9 Å². The van der Waals surface area contributed by atoms with E-state index in [2.05, 4.69) is 0 Å². The van der Waals surface area contributed by atoms with Crippen LogP contribution in [0.25, 0.3) is 0 Å². The normalized spacial score (nSPS) is 19.5. The molecule has 1 aliphatic carbocycles. The molecule has 0 bridgehead atoms. The first-order chi connectivity index (χ1) is 7.03. The molecule has 1 N–H and O–H groups in total. The predicted octanol–water partition coefficient (Wildman–Crippen LogP) is 3.55. The highest BCUT2D eigenvalue weighted by atomic mass is 35.5. The molecule has 82 valence electrons. The lowest BCUT2D eigenvalue weighted by Gasteiger charge is -2.23. The van der Waals surface area contributed by atoms with Crippen LogP contribution in [0.5, 0.6) is 0 Å². The van der Waals surface area contributed by atoms with Gasteiger partial charge in [0.05, 0.1) is 10.6 Å². The van der Waals surface area contributed by atoms with E-state index in [0.29, 0.717) is 24.0 Å². The Morgan fingerprint density at radius 2 is 1.93 bits per heavy atom. The molecule has 0 radical (unpaired) electrons. The van der Waals surface area contributed by atoms with E-state index in [0.717, 1.165) is 12.8 Å². The van der Waals surface area contributed by atoms with Gasteiger partial charge in [0, 0.05) is 0 Å². The van der Waals surface area contributed by atoms with Crippen molar-refractivity contribution in [3.05, 3.63) is 34.1 Å². The van der Waals surface area contributed by atoms with Crippen LogP contribution in [0.15, 0.2) is 12.1 Å². The summed E-state index contributed by atoms with van der Waals surface area (Å²) >= 11 is 5.75. The summed E-state index contributed by atoms with van der Waals surface area (Å²) in [6.45, 7) is 1.76. The van der Waals surface area contributed by atoms with Gasteiger partial charge < -0.3 is 5.11 Å². The highest BCUT2D eigenvalue weighted by molar-refractivity contribution is 6.31. The Kier molecular flexibility index (Phi) is 2.73. The zero-order valence-electron chi connectivity index (χ0n) is 8.69. The summed E-state index contributed by atoms with van der Waals surface area (Å²) in [5.74, 6) is -0.438. The van der Waals surface area contributed by atoms with E-state index in [9.17, 15) is 9.50 Å². The lowest BCUT2D eigenvalue weighted by molar-refractivity contribution is 0.0441. The molecular formula is C12H14ClFO. The molecule has 1 aromatic rings. The SMILES string of the molecule is Cc1cc(C2(O)CCCC2)cc(F)c1Cl. The number of aliphatic hydroxyl groups is 1. The number of rotatable bonds is 1. The van der Waals surface area contributed by atoms with Gasteiger partial charge in [-0.05, 0) is 37.0 Å². The molecule has 0 spiro atoms. The van der Waals surface area contributed by atoms with Gasteiger partial charge in [0.1, 0.15) is 5.82 Å². The molecule has 0 aromatic heterocycles. The van der Waals surface area contributed by atoms with Crippen LogP contribution in [-0.4, -0.2) is 5.11 Å². The third kappa shape index (κ3) is 1.88. The van der Waals surface area contributed by atoms with E-state index in [-0.39, 0.29) is 5.02 Å². The summed E-state index contributed by atoms with van der Waals surface area (Å²) < 4.78 is 13.4. The topological polar surface area (TPSA) is 20.2 Å². The lowest BCUT2D eigenvalue weighted by Crippen LogP contribution is -2.21. The summed E-state index contributed by atoms with van der Waals surface area (Å²) in [6, 6.07) is 3.15. The fourth-order valence-corrected chi connectivity index (χ4v) is 2.35. The van der Waals surface area contributed by atoms with E-state index in [1.165, 1.54) is 6.07 Å². The summed E-state index contributed by atoms with van der Waals surface area (Å²) in [5.41, 5.74) is 0.516. The summed E-state index contributed by atoms with van der Waals surface area (Å²) in [5, 5.41) is 10.4. The fourth-order valence-electron chi connectivity index (χ4n) is 2.24. The standard InChI is InChI=1S/C12H14ClFO/c1-8-6-9(7-10(14)11(8)13)12(15)4-2-3-5-12/h6-7,15H,2-5H2,1H3. The summed E-state index contributed by atoms with van der Waals surface area (Å²) in [4.78, 5) is 0. The number of halogens is 2. The Hall–Kier alpha value is -0.600. The average molecular weight is 229 g/mol. The zero-order valence-corrected chi connectivity index (χ0v) is 9.44. The minimum Gasteiger partial charge on any atom is -0.385 e. The van der Waals surface area contributed by atoms with E-state index in [1.54, 1.807) is 13.0 Å². The van der Waals surface area contributed by atoms with Gasteiger partial charge in [-0.3, -0.25) is 0 Å². The van der Waals surface area contributed by atoms with Gasteiger partial charge in [-0.25, -0.2) is 4.39 Å². The minimum atomic E-state index is -0.837. The molecule has 1 nitrogen and oxygen atoms in total. The molecule has 0 saturated heterocycles. The molecule has 0 amide bonds. The van der Waals surface area contributed by atoms with Crippen molar-refractivity contribution in [2.75, 3.05) is 0 Å². The van der Waals surface area contributed by atoms with Crippen molar-refractivity contribution in [2.24, 2.45) is 0 Å². The van der Waals surface area contributed by atoms with Gasteiger partial charge in [0.15, 0.2) is 0 Å². The Balaban J connectivity index is 2.45. The Bertz CT molecular complexity index is 360. The first-order valence-corrected chi connectivity index (χ1v) is 5.59. The summed E-state index contributed by atoms with van der Waals surface area (Å²) in [6.07, 6.45) is 3.43. The van der Waals surface area contributed by atoms with Crippen LogP contribution in [0, 0.1) is 12.7 Å². The molecule has 0 unspecified atom stereocenters. The van der Waals surface area contributed by atoms with Gasteiger partial charge in [-0.1, -0.05) is 30.5 Å². The molecule has 3 heteroatoms.